The first-order chi connectivity index (χ1) is 12.5. The zero-order chi connectivity index (χ0) is 18.7. The van der Waals surface area contributed by atoms with Gasteiger partial charge in [-0.3, -0.25) is 0 Å². The number of carbonyl (C=O) groups is 1. The van der Waals surface area contributed by atoms with Crippen molar-refractivity contribution in [3.63, 3.8) is 0 Å². The van der Waals surface area contributed by atoms with Gasteiger partial charge in [-0.2, -0.15) is 5.10 Å². The topological polar surface area (TPSA) is 76.4 Å². The first kappa shape index (κ1) is 17.8. The van der Waals surface area contributed by atoms with E-state index in [2.05, 4.69) is 10.4 Å². The second kappa shape index (κ2) is 7.45. The van der Waals surface area contributed by atoms with Crippen LogP contribution in [0.25, 0.3) is 0 Å². The fourth-order valence-electron chi connectivity index (χ4n) is 2.42. The number of hydrogen-bond acceptors (Lipinski definition) is 4. The maximum Gasteiger partial charge on any atom is 0.341 e. The first-order valence-corrected chi connectivity index (χ1v) is 8.00. The number of hydrogen-bond donors (Lipinski definition) is 2. The molecule has 0 aliphatic carbocycles. The quantitative estimate of drug-likeness (QED) is 0.676. The van der Waals surface area contributed by atoms with Gasteiger partial charge in [-0.05, 0) is 35.9 Å². The van der Waals surface area contributed by atoms with E-state index in [1.54, 1.807) is 19.2 Å². The third kappa shape index (κ3) is 3.78. The zero-order valence-electron chi connectivity index (χ0n) is 13.7. The average molecular weight is 376 g/mol. The molecule has 2 N–H and O–H groups in total. The molecular weight excluding hydrogens is 361 g/mol. The van der Waals surface area contributed by atoms with Crippen molar-refractivity contribution in [1.29, 1.82) is 0 Å². The zero-order valence-corrected chi connectivity index (χ0v) is 14.5. The first-order valence-electron chi connectivity index (χ1n) is 7.62. The highest BCUT2D eigenvalue weighted by molar-refractivity contribution is 6.30. The van der Waals surface area contributed by atoms with Crippen LogP contribution in [-0.2, 0) is 6.54 Å². The van der Waals surface area contributed by atoms with Crippen LogP contribution in [0.3, 0.4) is 0 Å². The van der Waals surface area contributed by atoms with Gasteiger partial charge in [0, 0.05) is 5.02 Å². The molecule has 0 amide bonds. The number of methoxy groups -OCH3 is 1. The van der Waals surface area contributed by atoms with E-state index in [9.17, 15) is 14.3 Å². The summed E-state index contributed by atoms with van der Waals surface area (Å²) in [6, 6.07) is 11.4. The van der Waals surface area contributed by atoms with E-state index >= 15 is 0 Å². The van der Waals surface area contributed by atoms with Gasteiger partial charge < -0.3 is 15.2 Å². The maximum atomic E-state index is 14.1. The minimum absolute atomic E-state index is 0.0622. The van der Waals surface area contributed by atoms with Crippen molar-refractivity contribution in [3.8, 4) is 5.75 Å². The van der Waals surface area contributed by atoms with Gasteiger partial charge in [-0.15, -0.1) is 0 Å². The molecule has 2 aromatic carbocycles. The number of benzene rings is 2. The van der Waals surface area contributed by atoms with Crippen molar-refractivity contribution in [2.45, 2.75) is 6.54 Å². The van der Waals surface area contributed by atoms with Gasteiger partial charge in [0.05, 0.1) is 25.5 Å². The van der Waals surface area contributed by atoms with E-state index in [-0.39, 0.29) is 22.1 Å². The molecule has 26 heavy (non-hydrogen) atoms. The van der Waals surface area contributed by atoms with E-state index < -0.39 is 11.8 Å². The van der Waals surface area contributed by atoms with Gasteiger partial charge in [0.15, 0.2) is 0 Å². The highest BCUT2D eigenvalue weighted by atomic mass is 35.5. The fourth-order valence-corrected chi connectivity index (χ4v) is 2.57. The molecule has 1 heterocycles. The lowest BCUT2D eigenvalue weighted by Gasteiger charge is -2.12. The Bertz CT molecular complexity index is 941. The number of nitrogens with zero attached hydrogens (tertiary/aromatic N) is 2. The minimum atomic E-state index is -1.16. The van der Waals surface area contributed by atoms with E-state index in [0.29, 0.717) is 12.3 Å². The standard InChI is InChI=1S/C18H15ClFN3O3/c1-26-13-5-2-11(3-6-13)10-23-17(14(9-21-23)18(24)25)22-16-7-4-12(19)8-15(16)20/h2-9,22H,10H2,1H3,(H,24,25). The summed E-state index contributed by atoms with van der Waals surface area (Å²) in [5.74, 6) is -0.870. The minimum Gasteiger partial charge on any atom is -0.497 e. The molecule has 0 saturated heterocycles. The number of carboxylic acids is 1. The molecular formula is C18H15ClFN3O3. The molecule has 8 heteroatoms. The van der Waals surface area contributed by atoms with Crippen molar-refractivity contribution in [3.05, 3.63) is 70.6 Å². The Hall–Kier alpha value is -3.06. The summed E-state index contributed by atoms with van der Waals surface area (Å²) < 4.78 is 20.7. The number of rotatable bonds is 6. The molecule has 0 bridgehead atoms. The molecule has 0 fully saturated rings. The SMILES string of the molecule is COc1ccc(Cn2ncc(C(=O)O)c2Nc2ccc(Cl)cc2F)cc1. The Morgan fingerprint density at radius 3 is 2.65 bits per heavy atom. The molecule has 6 nitrogen and oxygen atoms in total. The Labute approximate surface area is 153 Å². The van der Waals surface area contributed by atoms with E-state index in [1.165, 1.54) is 23.0 Å². The van der Waals surface area contributed by atoms with Crippen LogP contribution < -0.4 is 10.1 Å². The predicted octanol–water partition coefficient (Wildman–Crippen LogP) is 4.17. The molecule has 3 aromatic rings. The number of halogens is 2. The summed E-state index contributed by atoms with van der Waals surface area (Å²) in [4.78, 5) is 11.5. The smallest absolute Gasteiger partial charge is 0.341 e. The lowest BCUT2D eigenvalue weighted by atomic mass is 10.2. The maximum absolute atomic E-state index is 14.1. The highest BCUT2D eigenvalue weighted by Gasteiger charge is 2.18. The normalized spacial score (nSPS) is 10.6. The summed E-state index contributed by atoms with van der Waals surface area (Å²) >= 11 is 5.75. The summed E-state index contributed by atoms with van der Waals surface area (Å²) in [6.45, 7) is 0.300. The molecule has 134 valence electrons. The molecule has 0 spiro atoms. The molecule has 1 aromatic heterocycles. The van der Waals surface area contributed by atoms with Crippen molar-refractivity contribution < 1.29 is 19.0 Å². The van der Waals surface area contributed by atoms with Gasteiger partial charge in [0.2, 0.25) is 0 Å². The highest BCUT2D eigenvalue weighted by Crippen LogP contribution is 2.26. The Balaban J connectivity index is 1.94. The molecule has 0 unspecified atom stereocenters. The Kier molecular flexibility index (Phi) is 5.09. The summed E-state index contributed by atoms with van der Waals surface area (Å²) in [5, 5.41) is 16.5. The summed E-state index contributed by atoms with van der Waals surface area (Å²) in [7, 11) is 1.57. The van der Waals surface area contributed by atoms with Crippen molar-refractivity contribution in [2.75, 3.05) is 12.4 Å². The Morgan fingerprint density at radius 1 is 1.31 bits per heavy atom. The van der Waals surface area contributed by atoms with Gasteiger partial charge in [0.25, 0.3) is 0 Å². The van der Waals surface area contributed by atoms with Crippen LogP contribution in [-0.4, -0.2) is 28.0 Å². The largest absolute Gasteiger partial charge is 0.497 e. The molecule has 0 atom stereocenters. The van der Waals surface area contributed by atoms with Gasteiger partial charge in [-0.25, -0.2) is 13.9 Å². The third-order valence-electron chi connectivity index (χ3n) is 3.75. The summed E-state index contributed by atoms with van der Waals surface area (Å²) in [5.41, 5.74) is 0.923. The lowest BCUT2D eigenvalue weighted by molar-refractivity contribution is 0.0698. The third-order valence-corrected chi connectivity index (χ3v) is 3.98. The van der Waals surface area contributed by atoms with Crippen LogP contribution in [0.2, 0.25) is 5.02 Å². The van der Waals surface area contributed by atoms with Gasteiger partial charge >= 0.3 is 5.97 Å². The number of aromatic carboxylic acids is 1. The van der Waals surface area contributed by atoms with Crippen LogP contribution in [0.15, 0.2) is 48.7 Å². The van der Waals surface area contributed by atoms with Crippen LogP contribution in [0.5, 0.6) is 5.75 Å². The number of anilines is 2. The van der Waals surface area contributed by atoms with Crippen LogP contribution in [0.4, 0.5) is 15.9 Å². The van der Waals surface area contributed by atoms with Crippen LogP contribution in [0, 0.1) is 5.82 Å². The number of carboxylic acid groups (broad SMARTS) is 1. The fraction of sp³-hybridized carbons (Fsp3) is 0.111. The average Bonchev–Trinajstić information content (AvgIpc) is 3.01. The molecule has 0 aliphatic heterocycles. The summed E-state index contributed by atoms with van der Waals surface area (Å²) in [6.07, 6.45) is 1.22. The number of ether oxygens (including phenoxy) is 1. The van der Waals surface area contributed by atoms with Crippen LogP contribution in [0.1, 0.15) is 15.9 Å². The Morgan fingerprint density at radius 2 is 2.04 bits per heavy atom. The van der Waals surface area contributed by atoms with Crippen LogP contribution >= 0.6 is 11.6 Å². The number of nitrogens with one attached hydrogen (secondary N) is 1. The molecule has 0 saturated carbocycles. The monoisotopic (exact) mass is 375 g/mol. The molecule has 0 aliphatic rings. The second-order valence-corrected chi connectivity index (χ2v) is 5.90. The lowest BCUT2D eigenvalue weighted by Crippen LogP contribution is -2.09. The molecule has 0 radical (unpaired) electrons. The van der Waals surface area contributed by atoms with Gasteiger partial charge in [-0.1, -0.05) is 23.7 Å². The van der Waals surface area contributed by atoms with Crippen molar-refractivity contribution >= 4 is 29.1 Å². The van der Waals surface area contributed by atoms with Crippen molar-refractivity contribution in [2.24, 2.45) is 0 Å². The predicted molar refractivity (Wildman–Crippen MR) is 96.0 cm³/mol. The number of aromatic nitrogens is 2. The van der Waals surface area contributed by atoms with Crippen molar-refractivity contribution in [1.82, 2.24) is 9.78 Å². The van der Waals surface area contributed by atoms with E-state index in [0.717, 1.165) is 11.6 Å². The van der Waals surface area contributed by atoms with E-state index in [1.807, 2.05) is 12.1 Å². The second-order valence-electron chi connectivity index (χ2n) is 5.47. The van der Waals surface area contributed by atoms with Gasteiger partial charge in [0.1, 0.15) is 22.9 Å². The van der Waals surface area contributed by atoms with E-state index in [4.69, 9.17) is 16.3 Å². The molecule has 3 rings (SSSR count).